The number of ether oxygens (including phenoxy) is 8. The first-order chi connectivity index (χ1) is 19.8. The molecule has 0 amide bonds. The van der Waals surface area contributed by atoms with Gasteiger partial charge in [0, 0.05) is 17.4 Å². The van der Waals surface area contributed by atoms with Gasteiger partial charge in [-0.25, -0.2) is 0 Å². The van der Waals surface area contributed by atoms with E-state index in [-0.39, 0.29) is 36.8 Å². The number of rotatable bonds is 7. The largest absolute Gasteiger partial charge is 0.493 e. The third kappa shape index (κ3) is 4.39. The maximum atomic E-state index is 13.1. The number of benzene rings is 2. The van der Waals surface area contributed by atoms with Gasteiger partial charge in [0.2, 0.25) is 24.6 Å². The van der Waals surface area contributed by atoms with E-state index in [1.54, 1.807) is 18.2 Å². The predicted octanol–water partition coefficient (Wildman–Crippen LogP) is 0.0970. The minimum Gasteiger partial charge on any atom is -0.493 e. The summed E-state index contributed by atoms with van der Waals surface area (Å²) in [6.07, 6.45) is -7.06. The van der Waals surface area contributed by atoms with Crippen molar-refractivity contribution in [2.75, 3.05) is 41.3 Å². The van der Waals surface area contributed by atoms with Gasteiger partial charge in [-0.1, -0.05) is 0 Å². The van der Waals surface area contributed by atoms with Crippen molar-refractivity contribution in [3.63, 3.8) is 0 Å². The van der Waals surface area contributed by atoms with E-state index in [4.69, 9.17) is 37.9 Å². The Labute approximate surface area is 235 Å². The predicted molar refractivity (Wildman–Crippen MR) is 137 cm³/mol. The van der Waals surface area contributed by atoms with E-state index in [2.05, 4.69) is 0 Å². The van der Waals surface area contributed by atoms with Crippen LogP contribution in [0.25, 0.3) is 0 Å². The highest BCUT2D eigenvalue weighted by Crippen LogP contribution is 2.56. The van der Waals surface area contributed by atoms with Crippen LogP contribution < -0.4 is 28.4 Å². The van der Waals surface area contributed by atoms with E-state index in [9.17, 15) is 25.2 Å². The van der Waals surface area contributed by atoms with Gasteiger partial charge in [-0.2, -0.15) is 0 Å². The summed E-state index contributed by atoms with van der Waals surface area (Å²) >= 11 is 0. The van der Waals surface area contributed by atoms with Crippen LogP contribution in [0.1, 0.15) is 22.6 Å². The Morgan fingerprint density at radius 1 is 0.902 bits per heavy atom. The van der Waals surface area contributed by atoms with Gasteiger partial charge in [0.1, 0.15) is 24.4 Å². The highest BCUT2D eigenvalue weighted by Gasteiger charge is 2.51. The van der Waals surface area contributed by atoms with Crippen molar-refractivity contribution in [3.05, 3.63) is 34.9 Å². The fourth-order valence-electron chi connectivity index (χ4n) is 6.26. The zero-order valence-electron chi connectivity index (χ0n) is 22.6. The van der Waals surface area contributed by atoms with Crippen LogP contribution in [-0.2, 0) is 20.7 Å². The zero-order chi connectivity index (χ0) is 29.0. The van der Waals surface area contributed by atoms with Crippen LogP contribution >= 0.6 is 0 Å². The number of esters is 1. The number of carbonyl (C=O) groups excluding carboxylic acids is 1. The molecule has 0 aromatic heterocycles. The van der Waals surface area contributed by atoms with Crippen LogP contribution in [0.2, 0.25) is 0 Å². The lowest BCUT2D eigenvalue weighted by atomic mass is 9.67. The quantitative estimate of drug-likeness (QED) is 0.327. The molecule has 13 heteroatoms. The van der Waals surface area contributed by atoms with Crippen molar-refractivity contribution in [1.82, 2.24) is 0 Å². The Morgan fingerprint density at radius 3 is 2.29 bits per heavy atom. The van der Waals surface area contributed by atoms with Gasteiger partial charge < -0.3 is 58.3 Å². The van der Waals surface area contributed by atoms with Gasteiger partial charge in [0.05, 0.1) is 40.5 Å². The summed E-state index contributed by atoms with van der Waals surface area (Å²) in [5.74, 6) is 0.409. The molecule has 3 heterocycles. The first-order valence-corrected chi connectivity index (χ1v) is 13.2. The van der Waals surface area contributed by atoms with Crippen molar-refractivity contribution in [2.45, 2.75) is 43.0 Å². The molecule has 13 nitrogen and oxygen atoms in total. The molecule has 8 atom stereocenters. The molecule has 0 saturated carbocycles. The summed E-state index contributed by atoms with van der Waals surface area (Å²) in [5, 5.41) is 40.9. The maximum absolute atomic E-state index is 13.1. The summed E-state index contributed by atoms with van der Waals surface area (Å²) in [6.45, 7) is -0.507. The second kappa shape index (κ2) is 10.7. The van der Waals surface area contributed by atoms with Gasteiger partial charge in [0.15, 0.2) is 23.0 Å². The van der Waals surface area contributed by atoms with E-state index in [0.29, 0.717) is 46.1 Å². The summed E-state index contributed by atoms with van der Waals surface area (Å²) < 4.78 is 45.5. The number of aliphatic hydroxyl groups excluding tert-OH is 4. The number of fused-ring (bicyclic) bond motifs is 3. The summed E-state index contributed by atoms with van der Waals surface area (Å²) in [5.41, 5.74) is 2.07. The highest BCUT2D eigenvalue weighted by atomic mass is 16.7. The molecule has 2 aromatic rings. The molecular formula is C28H32O13. The molecule has 4 N–H and O–H groups in total. The molecule has 0 bridgehead atoms. The monoisotopic (exact) mass is 576 g/mol. The van der Waals surface area contributed by atoms with Crippen molar-refractivity contribution in [1.29, 1.82) is 0 Å². The van der Waals surface area contributed by atoms with Gasteiger partial charge in [-0.3, -0.25) is 4.79 Å². The first kappa shape index (κ1) is 27.7. The topological polar surface area (TPSA) is 172 Å². The van der Waals surface area contributed by atoms with Crippen molar-refractivity contribution < 1.29 is 63.1 Å². The van der Waals surface area contributed by atoms with E-state index in [1.165, 1.54) is 21.3 Å². The van der Waals surface area contributed by atoms with Crippen LogP contribution in [0.15, 0.2) is 18.2 Å². The summed E-state index contributed by atoms with van der Waals surface area (Å²) in [4.78, 5) is 13.1. The molecular weight excluding hydrogens is 544 g/mol. The number of hydrogen-bond donors (Lipinski definition) is 4. The Hall–Kier alpha value is -3.49. The van der Waals surface area contributed by atoms with Crippen molar-refractivity contribution in [3.8, 4) is 34.5 Å². The van der Waals surface area contributed by atoms with Crippen LogP contribution in [-0.4, -0.2) is 98.4 Å². The van der Waals surface area contributed by atoms with Gasteiger partial charge in [-0.05, 0) is 35.7 Å². The number of carbonyl (C=O) groups is 1. The number of cyclic esters (lactones) is 1. The van der Waals surface area contributed by atoms with Crippen LogP contribution in [0.3, 0.4) is 0 Å². The molecule has 3 aliphatic heterocycles. The highest BCUT2D eigenvalue weighted by molar-refractivity contribution is 5.79. The van der Waals surface area contributed by atoms with Gasteiger partial charge >= 0.3 is 5.97 Å². The molecule has 222 valence electrons. The zero-order valence-corrected chi connectivity index (χ0v) is 22.6. The number of methoxy groups -OCH3 is 3. The average molecular weight is 577 g/mol. The molecule has 0 spiro atoms. The van der Waals surface area contributed by atoms with Crippen molar-refractivity contribution in [2.24, 2.45) is 11.8 Å². The fourth-order valence-corrected chi connectivity index (χ4v) is 6.26. The molecule has 6 rings (SSSR count). The standard InChI is InChI=1S/C28H32O13/c1-34-15-5-11(6-16(35-2)25(15)36-3)19-13-7-17-26(39-10-38-17)24(14(13)4-12-9-37-27(33)20(12)19)41-28-23(32)22(31)21(30)18(8-29)40-28/h5-7,12,18-23,28-32H,4,8-10H2,1-3H3/t12-,18+,19+,20+,21+,22-,23+,28-/m1/s1. The lowest BCUT2D eigenvalue weighted by molar-refractivity contribution is -0.277. The second-order valence-corrected chi connectivity index (χ2v) is 10.4. The van der Waals surface area contributed by atoms with E-state index in [1.807, 2.05) is 0 Å². The Kier molecular flexibility index (Phi) is 7.24. The maximum Gasteiger partial charge on any atom is 0.310 e. The molecule has 2 saturated heterocycles. The Balaban J connectivity index is 1.51. The number of hydrogen-bond acceptors (Lipinski definition) is 13. The number of aliphatic hydroxyl groups is 4. The molecule has 2 aromatic carbocycles. The minimum atomic E-state index is -1.64. The van der Waals surface area contributed by atoms with Crippen LogP contribution in [0.5, 0.6) is 34.5 Å². The van der Waals surface area contributed by atoms with Crippen molar-refractivity contribution >= 4 is 5.97 Å². The van der Waals surface area contributed by atoms with Gasteiger partial charge in [-0.15, -0.1) is 0 Å². The smallest absolute Gasteiger partial charge is 0.310 e. The SMILES string of the molecule is COc1cc([C@H]2c3cc4c(c(O[C@H]5O[C@@H](CO)[C@H](O)[C@@H](O)[C@@H]5O)c3C[C@@H]3COC(=O)[C@@H]32)OCO4)cc(OC)c1OC. The first-order valence-electron chi connectivity index (χ1n) is 13.2. The molecule has 41 heavy (non-hydrogen) atoms. The summed E-state index contributed by atoms with van der Waals surface area (Å²) in [7, 11) is 4.52. The Morgan fingerprint density at radius 2 is 1.63 bits per heavy atom. The van der Waals surface area contributed by atoms with E-state index >= 15 is 0 Å². The van der Waals surface area contributed by atoms with Crippen LogP contribution in [0, 0.1) is 11.8 Å². The molecule has 2 fully saturated rings. The minimum absolute atomic E-state index is 0.0903. The van der Waals surface area contributed by atoms with E-state index < -0.39 is 49.1 Å². The summed E-state index contributed by atoms with van der Waals surface area (Å²) in [6, 6.07) is 5.37. The average Bonchev–Trinajstić information content (AvgIpc) is 3.61. The lowest BCUT2D eigenvalue weighted by Crippen LogP contribution is -2.60. The molecule has 1 aliphatic carbocycles. The molecule has 0 radical (unpaired) electrons. The fraction of sp³-hybridized carbons (Fsp3) is 0.536. The normalized spacial score (nSPS) is 31.6. The molecule has 0 unspecified atom stereocenters. The molecule has 4 aliphatic rings. The Bertz CT molecular complexity index is 1300. The van der Waals surface area contributed by atoms with E-state index in [0.717, 1.165) is 0 Å². The van der Waals surface area contributed by atoms with Crippen LogP contribution in [0.4, 0.5) is 0 Å². The third-order valence-corrected chi connectivity index (χ3v) is 8.27. The van der Waals surface area contributed by atoms with Gasteiger partial charge in [0.25, 0.3) is 0 Å². The second-order valence-electron chi connectivity index (χ2n) is 10.4. The third-order valence-electron chi connectivity index (χ3n) is 8.27. The lowest BCUT2D eigenvalue weighted by Gasteiger charge is -2.40.